The predicted molar refractivity (Wildman–Crippen MR) is 128 cm³/mol. The molecule has 0 aliphatic carbocycles. The van der Waals surface area contributed by atoms with Crippen LogP contribution in [0.2, 0.25) is 5.02 Å². The Morgan fingerprint density at radius 1 is 0.970 bits per heavy atom. The van der Waals surface area contributed by atoms with Crippen molar-refractivity contribution in [1.29, 1.82) is 0 Å². The minimum atomic E-state index is -3.53. The molecule has 0 unspecified atom stereocenters. The third kappa shape index (κ3) is 6.17. The fourth-order valence-electron chi connectivity index (χ4n) is 4.07. The summed E-state index contributed by atoms with van der Waals surface area (Å²) in [5.74, 6) is 0.526. The highest BCUT2D eigenvalue weighted by molar-refractivity contribution is 7.89. The Balaban J connectivity index is 1.22. The van der Waals surface area contributed by atoms with Gasteiger partial charge in [0.2, 0.25) is 10.0 Å². The number of benzene rings is 2. The van der Waals surface area contributed by atoms with Crippen LogP contribution in [-0.4, -0.2) is 94.5 Å². The zero-order valence-corrected chi connectivity index (χ0v) is 20.0. The molecule has 2 aromatic rings. The third-order valence-electron chi connectivity index (χ3n) is 5.91. The van der Waals surface area contributed by atoms with Crippen LogP contribution in [0, 0.1) is 0 Å². The number of ether oxygens (including phenoxy) is 2. The van der Waals surface area contributed by atoms with Crippen molar-refractivity contribution in [2.75, 3.05) is 70.5 Å². The average molecular weight is 496 g/mol. The second kappa shape index (κ2) is 11.0. The van der Waals surface area contributed by atoms with Gasteiger partial charge < -0.3 is 19.5 Å². The molecule has 10 heteroatoms. The third-order valence-corrected chi connectivity index (χ3v) is 8.14. The summed E-state index contributed by atoms with van der Waals surface area (Å²) < 4.78 is 37.7. The number of hydrogen-bond acceptors (Lipinski definition) is 7. The minimum Gasteiger partial charge on any atom is -0.491 e. The van der Waals surface area contributed by atoms with Crippen molar-refractivity contribution >= 4 is 27.3 Å². The summed E-state index contributed by atoms with van der Waals surface area (Å²) in [6, 6.07) is 14.2. The van der Waals surface area contributed by atoms with E-state index >= 15 is 0 Å². The molecule has 2 aromatic carbocycles. The number of sulfonamides is 1. The Morgan fingerprint density at radius 3 is 2.30 bits per heavy atom. The Bertz CT molecular complexity index is 1010. The quantitative estimate of drug-likeness (QED) is 0.599. The number of β-amino-alcohol motifs (C(OH)–C–C–N with tert-alkyl or cyclic N) is 1. The lowest BCUT2D eigenvalue weighted by Gasteiger charge is -2.37. The van der Waals surface area contributed by atoms with Crippen LogP contribution in [-0.2, 0) is 14.8 Å². The molecule has 2 aliphatic rings. The van der Waals surface area contributed by atoms with Crippen molar-refractivity contribution in [1.82, 2.24) is 9.21 Å². The van der Waals surface area contributed by atoms with E-state index in [0.717, 1.165) is 36.9 Å². The predicted octanol–water partition coefficient (Wildman–Crippen LogP) is 1.92. The van der Waals surface area contributed by atoms with Gasteiger partial charge in [-0.25, -0.2) is 8.42 Å². The van der Waals surface area contributed by atoms with Crippen LogP contribution >= 0.6 is 11.6 Å². The molecular formula is C23H30ClN3O5S. The smallest absolute Gasteiger partial charge is 0.243 e. The number of halogens is 1. The zero-order chi connectivity index (χ0) is 23.3. The SMILES string of the molecule is O=S(=O)(c1ccc(OC[C@@H](O)CN2CCN(c3ccccc3Cl)CC2)cc1)N1CCOCC1. The van der Waals surface area contributed by atoms with Crippen molar-refractivity contribution in [3.05, 3.63) is 53.6 Å². The number of hydrogen-bond donors (Lipinski definition) is 1. The summed E-state index contributed by atoms with van der Waals surface area (Å²) in [4.78, 5) is 4.70. The van der Waals surface area contributed by atoms with Gasteiger partial charge in [-0.05, 0) is 36.4 Å². The molecule has 0 saturated carbocycles. The summed E-state index contributed by atoms with van der Waals surface area (Å²) in [5.41, 5.74) is 1.04. The molecule has 2 saturated heterocycles. The molecule has 0 amide bonds. The molecule has 180 valence electrons. The standard InChI is InChI=1S/C23H30ClN3O5S/c24-22-3-1-2-4-23(22)26-11-9-25(10-12-26)17-19(28)18-32-20-5-7-21(8-6-20)33(29,30)27-13-15-31-16-14-27/h1-8,19,28H,9-18H2/t19-/m0/s1. The number of nitrogens with zero attached hydrogens (tertiary/aromatic N) is 3. The van der Waals surface area contributed by atoms with Gasteiger partial charge in [-0.3, -0.25) is 4.90 Å². The maximum atomic E-state index is 12.7. The molecule has 2 aliphatic heterocycles. The van der Waals surface area contributed by atoms with E-state index in [9.17, 15) is 13.5 Å². The van der Waals surface area contributed by atoms with Crippen molar-refractivity contribution in [3.63, 3.8) is 0 Å². The number of morpholine rings is 1. The Hall–Kier alpha value is -1.88. The number of aliphatic hydroxyl groups excluding tert-OH is 1. The van der Waals surface area contributed by atoms with Gasteiger partial charge >= 0.3 is 0 Å². The molecule has 8 nitrogen and oxygen atoms in total. The molecule has 1 N–H and O–H groups in total. The molecule has 4 rings (SSSR count). The van der Waals surface area contributed by atoms with Gasteiger partial charge in [0.25, 0.3) is 0 Å². The van der Waals surface area contributed by atoms with Gasteiger partial charge in [0, 0.05) is 45.8 Å². The molecule has 0 aromatic heterocycles. The topological polar surface area (TPSA) is 82.5 Å². The first-order valence-corrected chi connectivity index (χ1v) is 13.0. The van der Waals surface area contributed by atoms with E-state index in [0.29, 0.717) is 38.6 Å². The zero-order valence-electron chi connectivity index (χ0n) is 18.5. The van der Waals surface area contributed by atoms with Crippen LogP contribution in [0.15, 0.2) is 53.4 Å². The van der Waals surface area contributed by atoms with Crippen molar-refractivity contribution in [2.24, 2.45) is 0 Å². The minimum absolute atomic E-state index is 0.139. The lowest BCUT2D eigenvalue weighted by Crippen LogP contribution is -2.49. The van der Waals surface area contributed by atoms with Crippen LogP contribution in [0.5, 0.6) is 5.75 Å². The molecule has 1 atom stereocenters. The van der Waals surface area contributed by atoms with Gasteiger partial charge in [-0.15, -0.1) is 0 Å². The van der Waals surface area contributed by atoms with Crippen molar-refractivity contribution in [3.8, 4) is 5.75 Å². The fourth-order valence-corrected chi connectivity index (χ4v) is 5.73. The first-order chi connectivity index (χ1) is 15.9. The number of rotatable bonds is 8. The molecule has 2 heterocycles. The van der Waals surface area contributed by atoms with Gasteiger partial charge in [-0.2, -0.15) is 4.31 Å². The molecule has 2 fully saturated rings. The summed E-state index contributed by atoms with van der Waals surface area (Å²) in [6.45, 7) is 5.54. The largest absolute Gasteiger partial charge is 0.491 e. The van der Waals surface area contributed by atoms with Crippen LogP contribution < -0.4 is 9.64 Å². The normalized spacial score (nSPS) is 19.4. The lowest BCUT2D eigenvalue weighted by molar-refractivity contribution is 0.0663. The van der Waals surface area contributed by atoms with Gasteiger partial charge in [0.1, 0.15) is 18.5 Å². The fraction of sp³-hybridized carbons (Fsp3) is 0.478. The first kappa shape index (κ1) is 24.3. The van der Waals surface area contributed by atoms with Crippen LogP contribution in [0.4, 0.5) is 5.69 Å². The number of para-hydroxylation sites is 1. The maximum Gasteiger partial charge on any atom is 0.243 e. The van der Waals surface area contributed by atoms with E-state index in [1.54, 1.807) is 24.3 Å². The second-order valence-electron chi connectivity index (χ2n) is 8.19. The van der Waals surface area contributed by atoms with Crippen LogP contribution in [0.1, 0.15) is 0 Å². The highest BCUT2D eigenvalue weighted by Crippen LogP contribution is 2.26. The number of anilines is 1. The number of piperazine rings is 1. The molecule has 0 spiro atoms. The summed E-state index contributed by atoms with van der Waals surface area (Å²) in [6.07, 6.45) is -0.645. The Labute approximate surface area is 200 Å². The summed E-state index contributed by atoms with van der Waals surface area (Å²) in [5, 5.41) is 11.2. The van der Waals surface area contributed by atoms with E-state index in [-0.39, 0.29) is 11.5 Å². The summed E-state index contributed by atoms with van der Waals surface area (Å²) >= 11 is 6.30. The molecule has 0 radical (unpaired) electrons. The van der Waals surface area contributed by atoms with Crippen LogP contribution in [0.25, 0.3) is 0 Å². The maximum absolute atomic E-state index is 12.7. The van der Waals surface area contributed by atoms with Gasteiger partial charge in [0.05, 0.1) is 28.8 Å². The molecular weight excluding hydrogens is 466 g/mol. The van der Waals surface area contributed by atoms with E-state index < -0.39 is 16.1 Å². The highest BCUT2D eigenvalue weighted by Gasteiger charge is 2.26. The van der Waals surface area contributed by atoms with Crippen molar-refractivity contribution in [2.45, 2.75) is 11.0 Å². The Kier molecular flexibility index (Phi) is 8.11. The van der Waals surface area contributed by atoms with E-state index in [4.69, 9.17) is 21.1 Å². The van der Waals surface area contributed by atoms with E-state index in [2.05, 4.69) is 9.80 Å². The van der Waals surface area contributed by atoms with Crippen LogP contribution in [0.3, 0.4) is 0 Å². The average Bonchev–Trinajstić information content (AvgIpc) is 2.84. The molecule has 0 bridgehead atoms. The first-order valence-electron chi connectivity index (χ1n) is 11.1. The Morgan fingerprint density at radius 2 is 1.64 bits per heavy atom. The monoisotopic (exact) mass is 495 g/mol. The summed E-state index contributed by atoms with van der Waals surface area (Å²) in [7, 11) is -3.53. The van der Waals surface area contributed by atoms with E-state index in [1.807, 2.05) is 24.3 Å². The molecule has 33 heavy (non-hydrogen) atoms. The van der Waals surface area contributed by atoms with Crippen molar-refractivity contribution < 1.29 is 23.0 Å². The number of aliphatic hydroxyl groups is 1. The second-order valence-corrected chi connectivity index (χ2v) is 10.5. The lowest BCUT2D eigenvalue weighted by atomic mass is 10.2. The van der Waals surface area contributed by atoms with Gasteiger partial charge in [-0.1, -0.05) is 23.7 Å². The van der Waals surface area contributed by atoms with Gasteiger partial charge in [0.15, 0.2) is 0 Å². The van der Waals surface area contributed by atoms with E-state index in [1.165, 1.54) is 4.31 Å². The highest BCUT2D eigenvalue weighted by atomic mass is 35.5.